The Morgan fingerprint density at radius 3 is 2.50 bits per heavy atom. The minimum atomic E-state index is -1.03. The SMILES string of the molecule is CCCn1nc(C(=O)O[C@@H](C)C(=O)Nc2ccc(OC)cc2)ccc1=O. The first kappa shape index (κ1) is 19.2. The minimum absolute atomic E-state index is 0.0258. The second-order valence-electron chi connectivity index (χ2n) is 5.55. The van der Waals surface area contributed by atoms with E-state index in [-0.39, 0.29) is 11.3 Å². The van der Waals surface area contributed by atoms with Crippen molar-refractivity contribution in [3.05, 3.63) is 52.4 Å². The molecule has 0 saturated heterocycles. The molecule has 138 valence electrons. The van der Waals surface area contributed by atoms with Crippen LogP contribution < -0.4 is 15.6 Å². The number of ether oxygens (including phenoxy) is 2. The Balaban J connectivity index is 2.00. The van der Waals surface area contributed by atoms with E-state index >= 15 is 0 Å². The van der Waals surface area contributed by atoms with Gasteiger partial charge in [0.05, 0.1) is 7.11 Å². The largest absolute Gasteiger partial charge is 0.497 e. The first-order valence-corrected chi connectivity index (χ1v) is 8.18. The van der Waals surface area contributed by atoms with Crippen molar-refractivity contribution in [3.63, 3.8) is 0 Å². The second-order valence-corrected chi connectivity index (χ2v) is 5.55. The van der Waals surface area contributed by atoms with Crippen molar-refractivity contribution in [2.24, 2.45) is 0 Å². The topological polar surface area (TPSA) is 99.5 Å². The number of nitrogens with one attached hydrogen (secondary N) is 1. The number of carbonyl (C=O) groups excluding carboxylic acids is 2. The van der Waals surface area contributed by atoms with E-state index in [4.69, 9.17) is 9.47 Å². The van der Waals surface area contributed by atoms with Gasteiger partial charge in [0.15, 0.2) is 11.8 Å². The van der Waals surface area contributed by atoms with Gasteiger partial charge < -0.3 is 14.8 Å². The first-order valence-electron chi connectivity index (χ1n) is 8.18. The van der Waals surface area contributed by atoms with Crippen molar-refractivity contribution in [2.75, 3.05) is 12.4 Å². The number of carbonyl (C=O) groups is 2. The lowest BCUT2D eigenvalue weighted by atomic mass is 10.3. The Morgan fingerprint density at radius 2 is 1.88 bits per heavy atom. The standard InChI is InChI=1S/C18H21N3O5/c1-4-11-21-16(22)10-9-15(20-21)18(24)26-12(2)17(23)19-13-5-7-14(25-3)8-6-13/h5-10,12H,4,11H2,1-3H3,(H,19,23)/t12-/m0/s1. The van der Waals surface area contributed by atoms with E-state index in [1.807, 2.05) is 6.92 Å². The number of aryl methyl sites for hydroxylation is 1. The van der Waals surface area contributed by atoms with E-state index in [0.717, 1.165) is 0 Å². The number of anilines is 1. The van der Waals surface area contributed by atoms with Crippen LogP contribution in [0, 0.1) is 0 Å². The van der Waals surface area contributed by atoms with E-state index < -0.39 is 18.0 Å². The fourth-order valence-electron chi connectivity index (χ4n) is 2.12. The second kappa shape index (κ2) is 8.80. The predicted molar refractivity (Wildman–Crippen MR) is 95.3 cm³/mol. The predicted octanol–water partition coefficient (Wildman–Crippen LogP) is 1.85. The van der Waals surface area contributed by atoms with Crippen molar-refractivity contribution in [2.45, 2.75) is 32.9 Å². The highest BCUT2D eigenvalue weighted by Crippen LogP contribution is 2.15. The Hall–Kier alpha value is -3.16. The number of hydrogen-bond donors (Lipinski definition) is 1. The summed E-state index contributed by atoms with van der Waals surface area (Å²) in [4.78, 5) is 36.0. The molecule has 0 bridgehead atoms. The van der Waals surface area contributed by atoms with Gasteiger partial charge in [0.2, 0.25) is 0 Å². The van der Waals surface area contributed by atoms with E-state index in [0.29, 0.717) is 24.4 Å². The van der Waals surface area contributed by atoms with Gasteiger partial charge in [0.1, 0.15) is 5.75 Å². The lowest BCUT2D eigenvalue weighted by Crippen LogP contribution is -2.31. The van der Waals surface area contributed by atoms with Crippen LogP contribution in [-0.2, 0) is 16.1 Å². The van der Waals surface area contributed by atoms with Crippen LogP contribution in [0.25, 0.3) is 0 Å². The molecule has 1 N–H and O–H groups in total. The Morgan fingerprint density at radius 1 is 1.19 bits per heavy atom. The molecule has 0 aliphatic carbocycles. The molecule has 8 nitrogen and oxygen atoms in total. The number of benzene rings is 1. The molecule has 0 spiro atoms. The molecule has 2 aromatic rings. The van der Waals surface area contributed by atoms with Crippen LogP contribution in [0.15, 0.2) is 41.2 Å². The number of rotatable bonds is 7. The quantitative estimate of drug-likeness (QED) is 0.758. The van der Waals surface area contributed by atoms with Gasteiger partial charge in [-0.05, 0) is 43.7 Å². The number of amides is 1. The molecule has 0 unspecified atom stereocenters. The van der Waals surface area contributed by atoms with Gasteiger partial charge in [-0.3, -0.25) is 9.59 Å². The number of esters is 1. The molecule has 2 rings (SSSR count). The zero-order valence-electron chi connectivity index (χ0n) is 14.9. The molecule has 1 aromatic carbocycles. The van der Waals surface area contributed by atoms with Crippen molar-refractivity contribution < 1.29 is 19.1 Å². The summed E-state index contributed by atoms with van der Waals surface area (Å²) in [6, 6.07) is 9.29. The minimum Gasteiger partial charge on any atom is -0.497 e. The lowest BCUT2D eigenvalue weighted by molar-refractivity contribution is -0.123. The normalized spacial score (nSPS) is 11.5. The Labute approximate surface area is 150 Å². The molecule has 26 heavy (non-hydrogen) atoms. The molecule has 0 aliphatic heterocycles. The number of aromatic nitrogens is 2. The van der Waals surface area contributed by atoms with Gasteiger partial charge in [-0.1, -0.05) is 6.92 Å². The average molecular weight is 359 g/mol. The summed E-state index contributed by atoms with van der Waals surface area (Å²) in [5, 5.41) is 6.60. The van der Waals surface area contributed by atoms with Crippen LogP contribution in [0.5, 0.6) is 5.75 Å². The molecule has 1 heterocycles. The van der Waals surface area contributed by atoms with E-state index in [1.165, 1.54) is 23.7 Å². The molecule has 0 radical (unpaired) electrons. The first-order chi connectivity index (χ1) is 12.4. The molecule has 0 aliphatic rings. The molecule has 1 atom stereocenters. The van der Waals surface area contributed by atoms with Crippen LogP contribution in [0.2, 0.25) is 0 Å². The highest BCUT2D eigenvalue weighted by atomic mass is 16.5. The van der Waals surface area contributed by atoms with Crippen molar-refractivity contribution in [1.29, 1.82) is 0 Å². The third-order valence-electron chi connectivity index (χ3n) is 3.52. The molecular formula is C18H21N3O5. The Kier molecular flexibility index (Phi) is 6.48. The summed E-state index contributed by atoms with van der Waals surface area (Å²) in [5.74, 6) is -0.589. The third kappa shape index (κ3) is 4.92. The molecule has 1 aromatic heterocycles. The summed E-state index contributed by atoms with van der Waals surface area (Å²) in [5.41, 5.74) is 0.226. The summed E-state index contributed by atoms with van der Waals surface area (Å²) in [7, 11) is 1.55. The lowest BCUT2D eigenvalue weighted by Gasteiger charge is -2.14. The van der Waals surface area contributed by atoms with Gasteiger partial charge in [-0.2, -0.15) is 5.10 Å². The molecule has 8 heteroatoms. The van der Waals surface area contributed by atoms with Gasteiger partial charge in [-0.15, -0.1) is 0 Å². The molecule has 1 amide bonds. The van der Waals surface area contributed by atoms with Gasteiger partial charge >= 0.3 is 5.97 Å². The highest BCUT2D eigenvalue weighted by molar-refractivity contribution is 5.96. The van der Waals surface area contributed by atoms with Gasteiger partial charge in [0.25, 0.3) is 11.5 Å². The van der Waals surface area contributed by atoms with Crippen LogP contribution >= 0.6 is 0 Å². The molecular weight excluding hydrogens is 338 g/mol. The maximum atomic E-state index is 12.2. The third-order valence-corrected chi connectivity index (χ3v) is 3.52. The van der Waals surface area contributed by atoms with E-state index in [1.54, 1.807) is 31.4 Å². The van der Waals surface area contributed by atoms with Crippen LogP contribution in [0.3, 0.4) is 0 Å². The molecule has 0 saturated carbocycles. The number of methoxy groups -OCH3 is 1. The smallest absolute Gasteiger partial charge is 0.359 e. The van der Waals surface area contributed by atoms with Gasteiger partial charge in [0, 0.05) is 18.3 Å². The van der Waals surface area contributed by atoms with Crippen molar-refractivity contribution >= 4 is 17.6 Å². The maximum Gasteiger partial charge on any atom is 0.359 e. The maximum absolute atomic E-state index is 12.2. The van der Waals surface area contributed by atoms with E-state index in [9.17, 15) is 14.4 Å². The van der Waals surface area contributed by atoms with Crippen molar-refractivity contribution in [1.82, 2.24) is 9.78 Å². The highest BCUT2D eigenvalue weighted by Gasteiger charge is 2.20. The van der Waals surface area contributed by atoms with Crippen LogP contribution in [-0.4, -0.2) is 34.9 Å². The van der Waals surface area contributed by atoms with Crippen LogP contribution in [0.4, 0.5) is 5.69 Å². The van der Waals surface area contributed by atoms with Gasteiger partial charge in [-0.25, -0.2) is 9.48 Å². The summed E-state index contributed by atoms with van der Waals surface area (Å²) in [6.07, 6.45) is -0.329. The number of nitrogens with zero attached hydrogens (tertiary/aromatic N) is 2. The average Bonchev–Trinajstić information content (AvgIpc) is 2.64. The molecule has 0 fully saturated rings. The summed E-state index contributed by atoms with van der Waals surface area (Å²) in [6.45, 7) is 3.75. The zero-order valence-corrected chi connectivity index (χ0v) is 14.9. The summed E-state index contributed by atoms with van der Waals surface area (Å²) < 4.78 is 11.4. The number of hydrogen-bond acceptors (Lipinski definition) is 6. The van der Waals surface area contributed by atoms with Crippen LogP contribution in [0.1, 0.15) is 30.8 Å². The fraction of sp³-hybridized carbons (Fsp3) is 0.333. The van der Waals surface area contributed by atoms with Crippen molar-refractivity contribution in [3.8, 4) is 5.75 Å². The monoisotopic (exact) mass is 359 g/mol. The fourth-order valence-corrected chi connectivity index (χ4v) is 2.12. The zero-order chi connectivity index (χ0) is 19.1. The Bertz CT molecular complexity index is 829. The van der Waals surface area contributed by atoms with E-state index in [2.05, 4.69) is 10.4 Å². The summed E-state index contributed by atoms with van der Waals surface area (Å²) >= 11 is 0.